The van der Waals surface area contributed by atoms with Crippen LogP contribution in [0.25, 0.3) is 22.3 Å². The quantitative estimate of drug-likeness (QED) is 0.648. The minimum Gasteiger partial charge on any atom is -0.360 e. The molecule has 0 amide bonds. The molecule has 2 N–H and O–H groups in total. The molecule has 0 atom stereocenters. The molecule has 0 aliphatic carbocycles. The van der Waals surface area contributed by atoms with Crippen molar-refractivity contribution in [3.8, 4) is 11.4 Å². The van der Waals surface area contributed by atoms with Crippen LogP contribution in [0.15, 0.2) is 33.7 Å². The normalized spacial score (nSPS) is 10.8. The number of nitrogens with zero attached hydrogens (tertiary/aromatic N) is 1. The number of aldehydes is 1. The molecule has 17 heavy (non-hydrogen) atoms. The zero-order chi connectivity index (χ0) is 11.8. The Bertz CT molecular complexity index is 751. The third-order valence-corrected chi connectivity index (χ3v) is 2.55. The second-order valence-corrected chi connectivity index (χ2v) is 3.57. The number of carbonyl (C=O) groups excluding carboxylic acids is 1. The Balaban J connectivity index is 2.20. The van der Waals surface area contributed by atoms with E-state index in [1.165, 1.54) is 0 Å². The predicted octanol–water partition coefficient (Wildman–Crippen LogP) is 1.32. The number of benzene rings is 1. The topological polar surface area (TPSA) is 91.8 Å². The van der Waals surface area contributed by atoms with Crippen molar-refractivity contribution in [2.75, 3.05) is 0 Å². The Kier molecular flexibility index (Phi) is 1.94. The van der Waals surface area contributed by atoms with E-state index in [4.69, 9.17) is 0 Å². The molecule has 0 saturated heterocycles. The number of hydrogen-bond donors (Lipinski definition) is 2. The molecule has 0 saturated carbocycles. The van der Waals surface area contributed by atoms with Crippen molar-refractivity contribution in [2.24, 2.45) is 0 Å². The van der Waals surface area contributed by atoms with Crippen molar-refractivity contribution in [1.82, 2.24) is 15.1 Å². The largest absolute Gasteiger partial charge is 0.439 e. The lowest BCUT2D eigenvalue weighted by Crippen LogP contribution is -1.94. The van der Waals surface area contributed by atoms with E-state index < -0.39 is 5.76 Å². The maximum Gasteiger partial charge on any atom is 0.439 e. The summed E-state index contributed by atoms with van der Waals surface area (Å²) in [6.45, 7) is 0. The Morgan fingerprint density at radius 2 is 2.24 bits per heavy atom. The van der Waals surface area contributed by atoms with Gasteiger partial charge in [-0.2, -0.15) is 0 Å². The van der Waals surface area contributed by atoms with Gasteiger partial charge in [-0.3, -0.25) is 14.3 Å². The van der Waals surface area contributed by atoms with E-state index in [-0.39, 0.29) is 0 Å². The van der Waals surface area contributed by atoms with Gasteiger partial charge in [0, 0.05) is 28.2 Å². The first-order valence-corrected chi connectivity index (χ1v) is 4.90. The van der Waals surface area contributed by atoms with Crippen LogP contribution >= 0.6 is 0 Å². The van der Waals surface area contributed by atoms with Crippen LogP contribution in [0, 0.1) is 0 Å². The molecule has 2 heterocycles. The predicted molar refractivity (Wildman–Crippen MR) is 59.8 cm³/mol. The van der Waals surface area contributed by atoms with Crippen LogP contribution in [0.4, 0.5) is 0 Å². The van der Waals surface area contributed by atoms with Gasteiger partial charge in [0.25, 0.3) is 0 Å². The second kappa shape index (κ2) is 3.44. The molecule has 0 radical (unpaired) electrons. The lowest BCUT2D eigenvalue weighted by Gasteiger charge is -1.95. The molecule has 0 unspecified atom stereocenters. The van der Waals surface area contributed by atoms with Gasteiger partial charge in [-0.05, 0) is 6.07 Å². The summed E-state index contributed by atoms with van der Waals surface area (Å²) in [5, 5.41) is 4.42. The molecule has 0 bridgehead atoms. The number of fused-ring (bicyclic) bond motifs is 1. The highest BCUT2D eigenvalue weighted by molar-refractivity contribution is 5.98. The van der Waals surface area contributed by atoms with E-state index in [1.54, 1.807) is 24.4 Å². The number of carbonyl (C=O) groups is 1. The van der Waals surface area contributed by atoms with Crippen molar-refractivity contribution in [3.63, 3.8) is 0 Å². The zero-order valence-corrected chi connectivity index (χ0v) is 8.56. The van der Waals surface area contributed by atoms with Crippen LogP contribution < -0.4 is 5.76 Å². The average Bonchev–Trinajstić information content (AvgIpc) is 2.94. The van der Waals surface area contributed by atoms with Gasteiger partial charge in [-0.15, -0.1) is 0 Å². The van der Waals surface area contributed by atoms with Gasteiger partial charge in [0.15, 0.2) is 12.1 Å². The first-order chi connectivity index (χ1) is 8.28. The van der Waals surface area contributed by atoms with E-state index in [0.29, 0.717) is 17.0 Å². The minimum atomic E-state index is -0.597. The summed E-state index contributed by atoms with van der Waals surface area (Å²) in [6.07, 6.45) is 2.42. The highest BCUT2D eigenvalue weighted by atomic mass is 16.5. The lowest BCUT2D eigenvalue weighted by atomic mass is 10.1. The number of aromatic amines is 2. The summed E-state index contributed by atoms with van der Waals surface area (Å²) in [6, 6.07) is 5.34. The van der Waals surface area contributed by atoms with Crippen molar-refractivity contribution >= 4 is 17.2 Å². The fraction of sp³-hybridized carbons (Fsp3) is 0. The van der Waals surface area contributed by atoms with Crippen molar-refractivity contribution in [3.05, 3.63) is 40.5 Å². The Hall–Kier alpha value is -2.63. The third-order valence-electron chi connectivity index (χ3n) is 2.55. The molecule has 3 rings (SSSR count). The lowest BCUT2D eigenvalue weighted by molar-refractivity contribution is 0.112. The van der Waals surface area contributed by atoms with Crippen LogP contribution in [0.5, 0.6) is 0 Å². The molecular formula is C11H7N3O3. The molecular weight excluding hydrogens is 222 g/mol. The first kappa shape index (κ1) is 9.59. The summed E-state index contributed by atoms with van der Waals surface area (Å²) in [4.78, 5) is 27.0. The van der Waals surface area contributed by atoms with Gasteiger partial charge in [-0.1, -0.05) is 17.3 Å². The first-order valence-electron chi connectivity index (χ1n) is 4.90. The van der Waals surface area contributed by atoms with Crippen LogP contribution in [0.3, 0.4) is 0 Å². The highest BCUT2D eigenvalue weighted by Crippen LogP contribution is 2.22. The minimum absolute atomic E-state index is 0.360. The van der Waals surface area contributed by atoms with Crippen LogP contribution in [-0.2, 0) is 0 Å². The number of aromatic nitrogens is 3. The summed E-state index contributed by atoms with van der Waals surface area (Å²) in [7, 11) is 0. The van der Waals surface area contributed by atoms with Crippen molar-refractivity contribution in [2.45, 2.75) is 0 Å². The maximum atomic E-state index is 10.8. The Labute approximate surface area is 94.3 Å². The number of nitrogens with one attached hydrogen (secondary N) is 2. The second-order valence-electron chi connectivity index (χ2n) is 3.57. The fourth-order valence-corrected chi connectivity index (χ4v) is 1.75. The standard InChI is InChI=1S/C11H7N3O3/c15-5-7-4-12-9-3-6(1-2-8(7)9)10-13-11(16)17-14-10/h1-5,12H,(H,13,14,16). The van der Waals surface area contributed by atoms with E-state index in [9.17, 15) is 9.59 Å². The summed E-state index contributed by atoms with van der Waals surface area (Å²) in [5.74, 6) is -0.237. The van der Waals surface area contributed by atoms with E-state index in [1.807, 2.05) is 0 Å². The van der Waals surface area contributed by atoms with Gasteiger partial charge in [0.1, 0.15) is 0 Å². The third kappa shape index (κ3) is 1.46. The molecule has 3 aromatic rings. The van der Waals surface area contributed by atoms with Gasteiger partial charge in [-0.25, -0.2) is 4.79 Å². The van der Waals surface area contributed by atoms with E-state index in [0.717, 1.165) is 17.2 Å². The van der Waals surface area contributed by atoms with Crippen molar-refractivity contribution < 1.29 is 9.32 Å². The number of rotatable bonds is 2. The van der Waals surface area contributed by atoms with Crippen LogP contribution in [0.2, 0.25) is 0 Å². The van der Waals surface area contributed by atoms with Gasteiger partial charge in [0.05, 0.1) is 0 Å². The zero-order valence-electron chi connectivity index (χ0n) is 8.56. The van der Waals surface area contributed by atoms with Gasteiger partial charge >= 0.3 is 5.76 Å². The molecule has 0 aliphatic rings. The Morgan fingerprint density at radius 1 is 1.35 bits per heavy atom. The molecule has 6 nitrogen and oxygen atoms in total. The van der Waals surface area contributed by atoms with Crippen LogP contribution in [0.1, 0.15) is 10.4 Å². The summed E-state index contributed by atoms with van der Waals surface area (Å²) in [5.41, 5.74) is 2.11. The smallest absolute Gasteiger partial charge is 0.360 e. The number of H-pyrrole nitrogens is 2. The average molecular weight is 229 g/mol. The molecule has 0 aliphatic heterocycles. The van der Waals surface area contributed by atoms with Gasteiger partial charge < -0.3 is 4.98 Å². The number of hydrogen-bond acceptors (Lipinski definition) is 4. The fourth-order valence-electron chi connectivity index (χ4n) is 1.75. The molecule has 2 aromatic heterocycles. The molecule has 6 heteroatoms. The Morgan fingerprint density at radius 3 is 2.94 bits per heavy atom. The monoisotopic (exact) mass is 229 g/mol. The molecule has 1 aromatic carbocycles. The molecule has 84 valence electrons. The molecule has 0 fully saturated rings. The summed E-state index contributed by atoms with van der Waals surface area (Å²) < 4.78 is 4.43. The van der Waals surface area contributed by atoms with Crippen LogP contribution in [-0.4, -0.2) is 21.4 Å². The van der Waals surface area contributed by atoms with E-state index in [2.05, 4.69) is 19.6 Å². The maximum absolute atomic E-state index is 10.8. The van der Waals surface area contributed by atoms with E-state index >= 15 is 0 Å². The van der Waals surface area contributed by atoms with Crippen molar-refractivity contribution in [1.29, 1.82) is 0 Å². The SMILES string of the molecule is O=Cc1c[nH]c2cc(-c3noc(=O)[nH]3)ccc12. The van der Waals surface area contributed by atoms with Gasteiger partial charge in [0.2, 0.25) is 0 Å². The molecule has 0 spiro atoms. The summed E-state index contributed by atoms with van der Waals surface area (Å²) >= 11 is 0. The highest BCUT2D eigenvalue weighted by Gasteiger charge is 2.07.